The van der Waals surface area contributed by atoms with E-state index in [2.05, 4.69) is 15.5 Å². The number of hydrogen-bond donors (Lipinski definition) is 1. The molecule has 17 heavy (non-hydrogen) atoms. The van der Waals surface area contributed by atoms with Crippen molar-refractivity contribution >= 4 is 28.8 Å². The Bertz CT molecular complexity index is 475. The summed E-state index contributed by atoms with van der Waals surface area (Å²) in [5.74, 6) is 3.14. The molecule has 4 nitrogen and oxygen atoms in total. The Hall–Kier alpha value is -0.680. The monoisotopic (exact) mass is 269 g/mol. The molecular weight excluding hydrogens is 258 g/mol. The summed E-state index contributed by atoms with van der Waals surface area (Å²) in [6.07, 6.45) is 4.12. The van der Waals surface area contributed by atoms with Gasteiger partial charge in [0.05, 0.1) is 0 Å². The van der Waals surface area contributed by atoms with Crippen molar-refractivity contribution in [2.75, 3.05) is 0 Å². The van der Waals surface area contributed by atoms with Crippen molar-refractivity contribution in [3.63, 3.8) is 0 Å². The summed E-state index contributed by atoms with van der Waals surface area (Å²) in [5, 5.41) is 10.9. The van der Waals surface area contributed by atoms with E-state index >= 15 is 0 Å². The zero-order valence-electron chi connectivity index (χ0n) is 9.10. The van der Waals surface area contributed by atoms with E-state index in [0.29, 0.717) is 15.5 Å². The third-order valence-electron chi connectivity index (χ3n) is 4.63. The molecule has 0 spiro atoms. The molecule has 3 fully saturated rings. The Labute approximate surface area is 108 Å². The van der Waals surface area contributed by atoms with Crippen LogP contribution in [0.4, 0.5) is 0 Å². The van der Waals surface area contributed by atoms with Crippen LogP contribution in [0.5, 0.6) is 0 Å². The number of carbonyl (C=O) groups excluding carboxylic acids is 1. The molecule has 3 saturated carbocycles. The van der Waals surface area contributed by atoms with Crippen LogP contribution in [0.2, 0.25) is 4.47 Å². The molecule has 90 valence electrons. The lowest BCUT2D eigenvalue weighted by atomic mass is 10.0. The highest BCUT2D eigenvalue weighted by Crippen LogP contribution is 2.65. The maximum absolute atomic E-state index is 11.9. The molecule has 1 aromatic rings. The lowest BCUT2D eigenvalue weighted by molar-refractivity contribution is 0.0943. The summed E-state index contributed by atoms with van der Waals surface area (Å²) in [5.41, 5.74) is 0. The van der Waals surface area contributed by atoms with Gasteiger partial charge in [0.25, 0.3) is 5.91 Å². The van der Waals surface area contributed by atoms with Crippen molar-refractivity contribution in [3.8, 4) is 0 Å². The van der Waals surface area contributed by atoms with Crippen molar-refractivity contribution in [2.45, 2.75) is 25.3 Å². The van der Waals surface area contributed by atoms with Gasteiger partial charge >= 0.3 is 0 Å². The van der Waals surface area contributed by atoms with Crippen LogP contribution in [0.25, 0.3) is 0 Å². The molecule has 3 aliphatic rings. The standard InChI is InChI=1S/C11H12ClN3OS/c12-11-15-14-10(17-11)9(16)13-8-6-4-1-2-5(3-4)7(6)8/h4-8H,1-3H2,(H,13,16). The van der Waals surface area contributed by atoms with Gasteiger partial charge in [-0.05, 0) is 54.5 Å². The molecular formula is C11H12ClN3OS. The van der Waals surface area contributed by atoms with E-state index in [4.69, 9.17) is 11.6 Å². The van der Waals surface area contributed by atoms with Gasteiger partial charge in [0.15, 0.2) is 0 Å². The fourth-order valence-corrected chi connectivity index (χ4v) is 4.76. The second-order valence-corrected chi connectivity index (χ2v) is 6.91. The lowest BCUT2D eigenvalue weighted by Gasteiger charge is -2.08. The lowest BCUT2D eigenvalue weighted by Crippen LogP contribution is -2.29. The topological polar surface area (TPSA) is 54.9 Å². The van der Waals surface area contributed by atoms with Crippen LogP contribution in [-0.2, 0) is 0 Å². The van der Waals surface area contributed by atoms with Crippen LogP contribution < -0.4 is 5.32 Å². The third kappa shape index (κ3) is 1.45. The highest BCUT2D eigenvalue weighted by atomic mass is 35.5. The molecule has 0 saturated heterocycles. The molecule has 4 atom stereocenters. The van der Waals surface area contributed by atoms with Gasteiger partial charge in [-0.1, -0.05) is 11.3 Å². The number of hydrogen-bond acceptors (Lipinski definition) is 4. The first-order valence-electron chi connectivity index (χ1n) is 6.04. The van der Waals surface area contributed by atoms with E-state index < -0.39 is 0 Å². The van der Waals surface area contributed by atoms with Crippen LogP contribution in [0.3, 0.4) is 0 Å². The van der Waals surface area contributed by atoms with Gasteiger partial charge in [0.1, 0.15) is 0 Å². The fourth-order valence-electron chi connectivity index (χ4n) is 4.03. The van der Waals surface area contributed by atoms with Crippen molar-refractivity contribution in [1.82, 2.24) is 15.5 Å². The molecule has 1 amide bonds. The minimum atomic E-state index is -0.104. The summed E-state index contributed by atoms with van der Waals surface area (Å²) < 4.78 is 0.325. The largest absolute Gasteiger partial charge is 0.347 e. The first kappa shape index (κ1) is 10.3. The molecule has 4 rings (SSSR count). The molecule has 1 aromatic heterocycles. The molecule has 4 unspecified atom stereocenters. The van der Waals surface area contributed by atoms with Crippen LogP contribution in [0, 0.1) is 23.7 Å². The van der Waals surface area contributed by atoms with E-state index in [9.17, 15) is 4.79 Å². The van der Waals surface area contributed by atoms with Crippen molar-refractivity contribution in [2.24, 2.45) is 23.7 Å². The first-order valence-corrected chi connectivity index (χ1v) is 7.23. The highest BCUT2D eigenvalue weighted by Gasteiger charge is 2.65. The van der Waals surface area contributed by atoms with E-state index in [0.717, 1.165) is 35.0 Å². The summed E-state index contributed by atoms with van der Waals surface area (Å²) in [6.45, 7) is 0. The first-order chi connectivity index (χ1) is 8.24. The zero-order chi connectivity index (χ0) is 11.6. The van der Waals surface area contributed by atoms with Gasteiger partial charge in [-0.25, -0.2) is 0 Å². The van der Waals surface area contributed by atoms with E-state index in [1.807, 2.05) is 0 Å². The predicted molar refractivity (Wildman–Crippen MR) is 64.0 cm³/mol. The van der Waals surface area contributed by atoms with Gasteiger partial charge in [0, 0.05) is 6.04 Å². The SMILES string of the molecule is O=C(NC1C2C3CCC(C3)C12)c1nnc(Cl)s1. The van der Waals surface area contributed by atoms with Crippen LogP contribution >= 0.6 is 22.9 Å². The quantitative estimate of drug-likeness (QED) is 0.893. The molecule has 0 aliphatic heterocycles. The van der Waals surface area contributed by atoms with Crippen molar-refractivity contribution in [3.05, 3.63) is 9.47 Å². The number of aromatic nitrogens is 2. The number of halogens is 1. The maximum atomic E-state index is 11.9. The molecule has 1 N–H and O–H groups in total. The number of rotatable bonds is 2. The Morgan fingerprint density at radius 3 is 2.59 bits per heavy atom. The minimum Gasteiger partial charge on any atom is -0.347 e. The number of nitrogens with one attached hydrogen (secondary N) is 1. The maximum Gasteiger partial charge on any atom is 0.282 e. The van der Waals surface area contributed by atoms with Crippen LogP contribution in [-0.4, -0.2) is 22.1 Å². The number of nitrogens with zero attached hydrogens (tertiary/aromatic N) is 2. The average molecular weight is 270 g/mol. The van der Waals surface area contributed by atoms with Crippen molar-refractivity contribution in [1.29, 1.82) is 0 Å². The third-order valence-corrected chi connectivity index (χ3v) is 5.65. The molecule has 6 heteroatoms. The average Bonchev–Trinajstić information content (AvgIpc) is 2.77. The fraction of sp³-hybridized carbons (Fsp3) is 0.727. The number of fused-ring (bicyclic) bond motifs is 5. The molecule has 2 bridgehead atoms. The predicted octanol–water partition coefficient (Wildman–Crippen LogP) is 1.97. The van der Waals surface area contributed by atoms with Crippen LogP contribution in [0.15, 0.2) is 0 Å². The Morgan fingerprint density at radius 1 is 1.29 bits per heavy atom. The van der Waals surface area contributed by atoms with E-state index in [1.165, 1.54) is 19.3 Å². The van der Waals surface area contributed by atoms with E-state index in [1.54, 1.807) is 0 Å². The molecule has 1 heterocycles. The van der Waals surface area contributed by atoms with Crippen molar-refractivity contribution < 1.29 is 4.79 Å². The Kier molecular flexibility index (Phi) is 2.06. The van der Waals surface area contributed by atoms with Gasteiger partial charge in [-0.2, -0.15) is 0 Å². The smallest absolute Gasteiger partial charge is 0.282 e. The van der Waals surface area contributed by atoms with E-state index in [-0.39, 0.29) is 5.91 Å². The minimum absolute atomic E-state index is 0.104. The molecule has 0 radical (unpaired) electrons. The summed E-state index contributed by atoms with van der Waals surface area (Å²) in [7, 11) is 0. The Balaban J connectivity index is 1.45. The Morgan fingerprint density at radius 2 is 2.00 bits per heavy atom. The van der Waals surface area contributed by atoms with Gasteiger partial charge in [-0.15, -0.1) is 10.2 Å². The number of carbonyl (C=O) groups is 1. The normalized spacial score (nSPS) is 41.4. The second kappa shape index (κ2) is 3.42. The summed E-state index contributed by atoms with van der Waals surface area (Å²) in [4.78, 5) is 11.9. The van der Waals surface area contributed by atoms with Gasteiger partial charge < -0.3 is 5.32 Å². The van der Waals surface area contributed by atoms with Crippen LogP contribution in [0.1, 0.15) is 29.1 Å². The zero-order valence-corrected chi connectivity index (χ0v) is 10.7. The number of amides is 1. The second-order valence-electron chi connectivity index (χ2n) is 5.35. The summed E-state index contributed by atoms with van der Waals surface area (Å²) in [6, 6.07) is 0.399. The molecule has 3 aliphatic carbocycles. The molecule has 0 aromatic carbocycles. The van der Waals surface area contributed by atoms with Gasteiger partial charge in [-0.3, -0.25) is 4.79 Å². The summed E-state index contributed by atoms with van der Waals surface area (Å²) >= 11 is 6.82. The highest BCUT2D eigenvalue weighted by molar-refractivity contribution is 7.17. The van der Waals surface area contributed by atoms with Gasteiger partial charge in [0.2, 0.25) is 9.47 Å².